The van der Waals surface area contributed by atoms with Gasteiger partial charge in [0.05, 0.1) is 18.4 Å². The van der Waals surface area contributed by atoms with Crippen LogP contribution < -0.4 is 10.5 Å². The maximum absolute atomic E-state index is 11.1. The second-order valence-corrected chi connectivity index (χ2v) is 11.9. The number of hydrogen-bond acceptors (Lipinski definition) is 7. The number of rotatable bonds is 9. The molecule has 1 aliphatic rings. The highest BCUT2D eigenvalue weighted by molar-refractivity contribution is 5.62. The van der Waals surface area contributed by atoms with Gasteiger partial charge in [0.15, 0.2) is 0 Å². The van der Waals surface area contributed by atoms with E-state index in [4.69, 9.17) is 15.2 Å². The third kappa shape index (κ3) is 7.38. The van der Waals surface area contributed by atoms with E-state index >= 15 is 0 Å². The van der Waals surface area contributed by atoms with Crippen molar-refractivity contribution in [2.24, 2.45) is 27.0 Å². The lowest BCUT2D eigenvalue weighted by molar-refractivity contribution is 0.0450. The van der Waals surface area contributed by atoms with Gasteiger partial charge in [-0.2, -0.15) is 0 Å². The van der Waals surface area contributed by atoms with E-state index in [0.717, 1.165) is 24.0 Å². The summed E-state index contributed by atoms with van der Waals surface area (Å²) in [6.07, 6.45) is 3.65. The summed E-state index contributed by atoms with van der Waals surface area (Å²) in [5.74, 6) is 1.07. The number of allylic oxidation sites excluding steroid dienone is 1. The number of aromatic hydroxyl groups is 1. The minimum Gasteiger partial charge on any atom is -0.508 e. The highest BCUT2D eigenvalue weighted by atomic mass is 16.5. The van der Waals surface area contributed by atoms with Crippen LogP contribution >= 0.6 is 0 Å². The predicted molar refractivity (Wildman–Crippen MR) is 153 cm³/mol. The third-order valence-corrected chi connectivity index (χ3v) is 6.67. The number of para-hydroxylation sites is 1. The number of nitrogens with zero attached hydrogens (tertiary/aromatic N) is 2. The van der Waals surface area contributed by atoms with Crippen molar-refractivity contribution in [3.63, 3.8) is 0 Å². The number of phenolic OH excluding ortho intramolecular Hbond substituents is 1. The molecule has 0 saturated carbocycles. The first-order valence-electron chi connectivity index (χ1n) is 13.3. The number of benzene rings is 2. The zero-order chi connectivity index (χ0) is 28.1. The highest BCUT2D eigenvalue weighted by Gasteiger charge is 2.38. The van der Waals surface area contributed by atoms with Crippen molar-refractivity contribution in [3.05, 3.63) is 65.4 Å². The minimum absolute atomic E-state index is 0.0113. The number of nitrogens with two attached hydrogens (primary N) is 1. The maximum Gasteiger partial charge on any atom is 0.146 e. The molecule has 1 aliphatic carbocycles. The molecular weight excluding hydrogens is 478 g/mol. The highest BCUT2D eigenvalue weighted by Crippen LogP contribution is 2.45. The molecule has 0 spiro atoms. The Hall–Kier alpha value is -3.32. The van der Waals surface area contributed by atoms with Gasteiger partial charge < -0.3 is 25.4 Å². The first kappa shape index (κ1) is 29.2. The number of aliphatic hydroxyl groups excluding tert-OH is 1. The fourth-order valence-electron chi connectivity index (χ4n) is 4.73. The molecule has 2 aromatic rings. The fourth-order valence-corrected chi connectivity index (χ4v) is 4.73. The van der Waals surface area contributed by atoms with Crippen molar-refractivity contribution in [2.45, 2.75) is 67.4 Å². The normalized spacial score (nSPS) is 18.7. The smallest absolute Gasteiger partial charge is 0.146 e. The summed E-state index contributed by atoms with van der Waals surface area (Å²) in [6.45, 7) is 16.0. The number of anilines is 1. The molecule has 2 atom stereocenters. The van der Waals surface area contributed by atoms with Gasteiger partial charge in [-0.3, -0.25) is 0 Å². The van der Waals surface area contributed by atoms with Crippen LogP contribution in [0.4, 0.5) is 17.1 Å². The first-order chi connectivity index (χ1) is 17.8. The number of nitrogen functional groups attached to an aromatic ring is 1. The summed E-state index contributed by atoms with van der Waals surface area (Å²) in [5.41, 5.74) is 8.96. The molecule has 7 heteroatoms. The molecule has 0 aliphatic heterocycles. The Morgan fingerprint density at radius 3 is 2.16 bits per heavy atom. The Labute approximate surface area is 227 Å². The van der Waals surface area contributed by atoms with E-state index in [-0.39, 0.29) is 28.6 Å². The van der Waals surface area contributed by atoms with Crippen molar-refractivity contribution >= 4 is 17.1 Å². The molecule has 0 saturated heterocycles. The van der Waals surface area contributed by atoms with Crippen LogP contribution in [-0.2, 0) is 4.74 Å². The SMILES string of the molecule is CC1C(C(C)(C)C)=C(O)C(C(C)(C)C)=CC1OCCCCOc1ccc(N=Nc2ccccc2N)c(O)c1. The van der Waals surface area contributed by atoms with Crippen LogP contribution in [-0.4, -0.2) is 29.5 Å². The summed E-state index contributed by atoms with van der Waals surface area (Å²) >= 11 is 0. The van der Waals surface area contributed by atoms with E-state index in [1.54, 1.807) is 24.3 Å². The monoisotopic (exact) mass is 521 g/mol. The molecule has 0 radical (unpaired) electrons. The zero-order valence-corrected chi connectivity index (χ0v) is 23.8. The van der Waals surface area contributed by atoms with Crippen LogP contribution in [0.15, 0.2) is 75.7 Å². The number of hydrogen-bond donors (Lipinski definition) is 3. The Balaban J connectivity index is 1.50. The lowest BCUT2D eigenvalue weighted by Crippen LogP contribution is -2.34. The second kappa shape index (κ2) is 12.0. The maximum atomic E-state index is 11.1. The topological polar surface area (TPSA) is 110 Å². The summed E-state index contributed by atoms with van der Waals surface area (Å²) in [6, 6.07) is 12.1. The zero-order valence-electron chi connectivity index (χ0n) is 23.8. The fraction of sp³-hybridized carbons (Fsp3) is 0.484. The molecule has 0 amide bonds. The van der Waals surface area contributed by atoms with Gasteiger partial charge in [0.1, 0.15) is 28.6 Å². The van der Waals surface area contributed by atoms with Crippen LogP contribution in [0.25, 0.3) is 0 Å². The van der Waals surface area contributed by atoms with Crippen LogP contribution in [0.2, 0.25) is 0 Å². The molecule has 3 rings (SSSR count). The average molecular weight is 522 g/mol. The summed E-state index contributed by atoms with van der Waals surface area (Å²) in [4.78, 5) is 0. The Morgan fingerprint density at radius 1 is 0.868 bits per heavy atom. The lowest BCUT2D eigenvalue weighted by atomic mass is 9.69. The first-order valence-corrected chi connectivity index (χ1v) is 13.3. The van der Waals surface area contributed by atoms with Gasteiger partial charge in [0, 0.05) is 18.6 Å². The molecule has 206 valence electrons. The van der Waals surface area contributed by atoms with Gasteiger partial charge in [0.25, 0.3) is 0 Å². The number of aliphatic hydroxyl groups is 1. The quantitative estimate of drug-likeness (QED) is 0.174. The molecule has 2 unspecified atom stereocenters. The molecule has 0 heterocycles. The second-order valence-electron chi connectivity index (χ2n) is 11.9. The average Bonchev–Trinajstić information content (AvgIpc) is 2.81. The van der Waals surface area contributed by atoms with Crippen molar-refractivity contribution in [1.29, 1.82) is 0 Å². The van der Waals surface area contributed by atoms with E-state index in [1.165, 1.54) is 6.07 Å². The Morgan fingerprint density at radius 2 is 1.53 bits per heavy atom. The minimum atomic E-state index is -0.173. The molecule has 2 aromatic carbocycles. The standard InChI is InChI=1S/C31H43N3O4/c1-20-27(19-22(30(2,3)4)29(36)28(20)31(5,6)7)38-17-11-10-16-37-21-14-15-25(26(35)18-21)34-33-24-13-9-8-12-23(24)32/h8-9,12-15,18-20,27,35-36H,10-11,16-17,32H2,1-7H3. The largest absolute Gasteiger partial charge is 0.508 e. The third-order valence-electron chi connectivity index (χ3n) is 6.67. The van der Waals surface area contributed by atoms with E-state index < -0.39 is 0 Å². The number of phenols is 1. The van der Waals surface area contributed by atoms with Gasteiger partial charge in [-0.1, -0.05) is 60.6 Å². The van der Waals surface area contributed by atoms with Crippen LogP contribution in [0, 0.1) is 16.7 Å². The van der Waals surface area contributed by atoms with Gasteiger partial charge in [-0.15, -0.1) is 10.2 Å². The van der Waals surface area contributed by atoms with Crippen molar-refractivity contribution < 1.29 is 19.7 Å². The van der Waals surface area contributed by atoms with Gasteiger partial charge >= 0.3 is 0 Å². The van der Waals surface area contributed by atoms with E-state index in [0.29, 0.717) is 41.8 Å². The van der Waals surface area contributed by atoms with Crippen molar-refractivity contribution in [1.82, 2.24) is 0 Å². The molecule has 38 heavy (non-hydrogen) atoms. The molecule has 0 bridgehead atoms. The number of unbranched alkanes of at least 4 members (excludes halogenated alkanes) is 1. The molecule has 7 nitrogen and oxygen atoms in total. The Bertz CT molecular complexity index is 1200. The summed E-state index contributed by atoms with van der Waals surface area (Å²) in [7, 11) is 0. The lowest BCUT2D eigenvalue weighted by Gasteiger charge is -2.39. The predicted octanol–water partition coefficient (Wildman–Crippen LogP) is 8.41. The molecular formula is C31H43N3O4. The Kier molecular flexibility index (Phi) is 9.26. The van der Waals surface area contributed by atoms with E-state index in [1.807, 2.05) is 12.1 Å². The number of azo groups is 1. The van der Waals surface area contributed by atoms with Gasteiger partial charge in [-0.05, 0) is 65.2 Å². The molecule has 4 N–H and O–H groups in total. The van der Waals surface area contributed by atoms with E-state index in [2.05, 4.69) is 64.8 Å². The van der Waals surface area contributed by atoms with Crippen molar-refractivity contribution in [3.8, 4) is 11.5 Å². The van der Waals surface area contributed by atoms with Crippen LogP contribution in [0.3, 0.4) is 0 Å². The van der Waals surface area contributed by atoms with Gasteiger partial charge in [-0.25, -0.2) is 0 Å². The number of ether oxygens (including phenoxy) is 2. The summed E-state index contributed by atoms with van der Waals surface area (Å²) in [5, 5.41) is 29.6. The molecule has 0 aromatic heterocycles. The van der Waals surface area contributed by atoms with Crippen LogP contribution in [0.5, 0.6) is 11.5 Å². The molecule has 0 fully saturated rings. The summed E-state index contributed by atoms with van der Waals surface area (Å²) < 4.78 is 12.1. The van der Waals surface area contributed by atoms with Crippen LogP contribution in [0.1, 0.15) is 61.3 Å². The van der Waals surface area contributed by atoms with E-state index in [9.17, 15) is 10.2 Å². The van der Waals surface area contributed by atoms with Crippen molar-refractivity contribution in [2.75, 3.05) is 18.9 Å². The van der Waals surface area contributed by atoms with Gasteiger partial charge in [0.2, 0.25) is 0 Å².